The second kappa shape index (κ2) is 7.18. The molecule has 3 aromatic rings. The summed E-state index contributed by atoms with van der Waals surface area (Å²) in [7, 11) is 1.79. The van der Waals surface area contributed by atoms with Gasteiger partial charge < -0.3 is 15.5 Å². The first-order valence-corrected chi connectivity index (χ1v) is 7.95. The number of amides is 2. The van der Waals surface area contributed by atoms with Gasteiger partial charge in [-0.15, -0.1) is 10.2 Å². The van der Waals surface area contributed by atoms with E-state index in [0.717, 1.165) is 11.4 Å². The highest BCUT2D eigenvalue weighted by Gasteiger charge is 2.14. The summed E-state index contributed by atoms with van der Waals surface area (Å²) in [6, 6.07) is 8.19. The molecule has 0 aliphatic heterocycles. The molecule has 9 nitrogen and oxygen atoms in total. The lowest BCUT2D eigenvalue weighted by atomic mass is 10.2. The molecule has 2 amide bonds. The molecular formula is C17H18N6O3. The number of carbonyl (C=O) groups is 2. The van der Waals surface area contributed by atoms with Gasteiger partial charge in [0, 0.05) is 31.1 Å². The van der Waals surface area contributed by atoms with Crippen LogP contribution in [0.3, 0.4) is 0 Å². The number of nitrogens with two attached hydrogens (primary N) is 1. The first-order valence-electron chi connectivity index (χ1n) is 7.95. The SMILES string of the molecule is Cc1cc(-c2nnc(CCC(=O)Nc3ccc(C(N)=O)cc3)o2)n(C)n1. The van der Waals surface area contributed by atoms with Crippen LogP contribution in [0.2, 0.25) is 0 Å². The normalized spacial score (nSPS) is 10.7. The maximum absolute atomic E-state index is 12.0. The van der Waals surface area contributed by atoms with Gasteiger partial charge in [0.05, 0.1) is 5.69 Å². The standard InChI is InChI=1S/C17H18N6O3/c1-10-9-13(23(2)22-10)17-21-20-15(26-17)8-7-14(24)19-12-5-3-11(4-6-12)16(18)25/h3-6,9H,7-8H2,1-2H3,(H2,18,25)(H,19,24). The number of nitrogens with one attached hydrogen (secondary N) is 1. The minimum atomic E-state index is -0.515. The molecule has 0 saturated heterocycles. The minimum absolute atomic E-state index is 0.184. The van der Waals surface area contributed by atoms with E-state index in [1.165, 1.54) is 0 Å². The third-order valence-electron chi connectivity index (χ3n) is 3.71. The monoisotopic (exact) mass is 354 g/mol. The Hall–Kier alpha value is -3.49. The zero-order valence-corrected chi connectivity index (χ0v) is 14.4. The maximum atomic E-state index is 12.0. The minimum Gasteiger partial charge on any atom is -0.419 e. The Balaban J connectivity index is 1.56. The number of hydrogen-bond donors (Lipinski definition) is 2. The molecule has 0 radical (unpaired) electrons. The van der Waals surface area contributed by atoms with Crippen molar-refractivity contribution in [3.8, 4) is 11.6 Å². The number of benzene rings is 1. The van der Waals surface area contributed by atoms with E-state index >= 15 is 0 Å². The van der Waals surface area contributed by atoms with E-state index in [1.54, 1.807) is 36.0 Å². The van der Waals surface area contributed by atoms with Gasteiger partial charge in [-0.1, -0.05) is 0 Å². The Morgan fingerprint density at radius 1 is 1.23 bits per heavy atom. The van der Waals surface area contributed by atoms with Crippen LogP contribution < -0.4 is 11.1 Å². The lowest BCUT2D eigenvalue weighted by Gasteiger charge is -2.04. The highest BCUT2D eigenvalue weighted by molar-refractivity contribution is 5.94. The van der Waals surface area contributed by atoms with Crippen LogP contribution in [0.25, 0.3) is 11.6 Å². The second-order valence-electron chi connectivity index (χ2n) is 5.79. The molecule has 0 saturated carbocycles. The van der Waals surface area contributed by atoms with Crippen molar-refractivity contribution < 1.29 is 14.0 Å². The maximum Gasteiger partial charge on any atom is 0.265 e. The molecule has 0 aliphatic carbocycles. The van der Waals surface area contributed by atoms with Gasteiger partial charge in [0.25, 0.3) is 5.89 Å². The molecule has 0 unspecified atom stereocenters. The Morgan fingerprint density at radius 3 is 2.58 bits per heavy atom. The largest absolute Gasteiger partial charge is 0.419 e. The number of aryl methyl sites for hydroxylation is 3. The summed E-state index contributed by atoms with van der Waals surface area (Å²) >= 11 is 0. The average Bonchev–Trinajstić information content (AvgIpc) is 3.19. The number of rotatable bonds is 6. The summed E-state index contributed by atoms with van der Waals surface area (Å²) < 4.78 is 7.25. The van der Waals surface area contributed by atoms with Gasteiger partial charge in [-0.3, -0.25) is 14.3 Å². The van der Waals surface area contributed by atoms with Crippen LogP contribution in [0.4, 0.5) is 5.69 Å². The summed E-state index contributed by atoms with van der Waals surface area (Å²) in [5, 5.41) is 14.9. The Kier molecular flexibility index (Phi) is 4.78. The van der Waals surface area contributed by atoms with Crippen LogP contribution in [0.15, 0.2) is 34.7 Å². The number of nitrogens with zero attached hydrogens (tertiary/aromatic N) is 4. The zero-order chi connectivity index (χ0) is 18.7. The van der Waals surface area contributed by atoms with Crippen molar-refractivity contribution in [3.05, 3.63) is 47.5 Å². The number of primary amides is 1. The van der Waals surface area contributed by atoms with Crippen LogP contribution in [-0.2, 0) is 18.3 Å². The van der Waals surface area contributed by atoms with Crippen molar-refractivity contribution in [2.24, 2.45) is 12.8 Å². The van der Waals surface area contributed by atoms with E-state index < -0.39 is 5.91 Å². The summed E-state index contributed by atoms with van der Waals surface area (Å²) in [6.07, 6.45) is 0.499. The van der Waals surface area contributed by atoms with Crippen molar-refractivity contribution >= 4 is 17.5 Å². The molecule has 3 rings (SSSR count). The summed E-state index contributed by atoms with van der Waals surface area (Å²) in [6.45, 7) is 1.88. The topological polar surface area (TPSA) is 129 Å². The summed E-state index contributed by atoms with van der Waals surface area (Å²) in [4.78, 5) is 23.1. The van der Waals surface area contributed by atoms with Gasteiger partial charge in [0.2, 0.25) is 17.7 Å². The van der Waals surface area contributed by atoms with Gasteiger partial charge in [-0.25, -0.2) is 0 Å². The van der Waals surface area contributed by atoms with Crippen LogP contribution in [0.5, 0.6) is 0 Å². The van der Waals surface area contributed by atoms with Crippen molar-refractivity contribution in [1.82, 2.24) is 20.0 Å². The van der Waals surface area contributed by atoms with E-state index in [1.807, 2.05) is 13.0 Å². The molecule has 3 N–H and O–H groups in total. The van der Waals surface area contributed by atoms with Crippen molar-refractivity contribution in [2.75, 3.05) is 5.32 Å². The molecular weight excluding hydrogens is 336 g/mol. The van der Waals surface area contributed by atoms with E-state index in [2.05, 4.69) is 20.6 Å². The third kappa shape index (κ3) is 3.94. The molecule has 2 aromatic heterocycles. The van der Waals surface area contributed by atoms with Crippen LogP contribution in [0, 0.1) is 6.92 Å². The van der Waals surface area contributed by atoms with Gasteiger partial charge in [-0.05, 0) is 37.3 Å². The molecule has 9 heteroatoms. The third-order valence-corrected chi connectivity index (χ3v) is 3.71. The first kappa shape index (κ1) is 17.3. The predicted molar refractivity (Wildman–Crippen MR) is 93.1 cm³/mol. The average molecular weight is 354 g/mol. The van der Waals surface area contributed by atoms with Crippen molar-refractivity contribution in [3.63, 3.8) is 0 Å². The molecule has 0 spiro atoms. The number of anilines is 1. The highest BCUT2D eigenvalue weighted by atomic mass is 16.4. The molecule has 1 aromatic carbocycles. The summed E-state index contributed by atoms with van der Waals surface area (Å²) in [5.41, 5.74) is 7.71. The first-order chi connectivity index (χ1) is 12.4. The molecule has 134 valence electrons. The lowest BCUT2D eigenvalue weighted by molar-refractivity contribution is -0.116. The number of hydrogen-bond acceptors (Lipinski definition) is 6. The highest BCUT2D eigenvalue weighted by Crippen LogP contribution is 2.18. The fourth-order valence-electron chi connectivity index (χ4n) is 2.43. The molecule has 0 bridgehead atoms. The summed E-state index contributed by atoms with van der Waals surface area (Å²) in [5.74, 6) is 0.0234. The van der Waals surface area contributed by atoms with Crippen LogP contribution in [0.1, 0.15) is 28.4 Å². The predicted octanol–water partition coefficient (Wildman–Crippen LogP) is 1.45. The van der Waals surface area contributed by atoms with E-state index in [9.17, 15) is 9.59 Å². The Labute approximate surface area is 149 Å². The lowest BCUT2D eigenvalue weighted by Crippen LogP contribution is -2.13. The number of aromatic nitrogens is 4. The zero-order valence-electron chi connectivity index (χ0n) is 14.4. The molecule has 0 fully saturated rings. The van der Waals surface area contributed by atoms with E-state index in [-0.39, 0.29) is 12.3 Å². The molecule has 2 heterocycles. The smallest absolute Gasteiger partial charge is 0.265 e. The Bertz CT molecular complexity index is 942. The van der Waals surface area contributed by atoms with Crippen molar-refractivity contribution in [1.29, 1.82) is 0 Å². The number of carbonyl (C=O) groups excluding carboxylic acids is 2. The molecule has 0 aliphatic rings. The van der Waals surface area contributed by atoms with Crippen LogP contribution in [-0.4, -0.2) is 31.8 Å². The fourth-order valence-corrected chi connectivity index (χ4v) is 2.43. The molecule has 0 atom stereocenters. The fraction of sp³-hybridized carbons (Fsp3) is 0.235. The van der Waals surface area contributed by atoms with Crippen LogP contribution >= 0.6 is 0 Å². The van der Waals surface area contributed by atoms with Gasteiger partial charge in [-0.2, -0.15) is 5.10 Å². The van der Waals surface area contributed by atoms with Gasteiger partial charge in [0.15, 0.2) is 0 Å². The Morgan fingerprint density at radius 2 is 1.96 bits per heavy atom. The second-order valence-corrected chi connectivity index (χ2v) is 5.79. The van der Waals surface area contributed by atoms with E-state index in [4.69, 9.17) is 10.2 Å². The van der Waals surface area contributed by atoms with Gasteiger partial charge >= 0.3 is 0 Å². The quantitative estimate of drug-likeness (QED) is 0.689. The van der Waals surface area contributed by atoms with Gasteiger partial charge in [0.1, 0.15) is 5.69 Å². The van der Waals surface area contributed by atoms with E-state index in [0.29, 0.717) is 29.5 Å². The molecule has 26 heavy (non-hydrogen) atoms. The van der Waals surface area contributed by atoms with Crippen molar-refractivity contribution in [2.45, 2.75) is 19.8 Å².